The molecule has 2 amide bonds. The minimum absolute atomic E-state index is 0.532. The molecular weight excluding hydrogens is 576 g/mol. The molecule has 19 heteroatoms. The van der Waals surface area contributed by atoms with Crippen LogP contribution in [0.25, 0.3) is 0 Å². The number of aliphatic hydroxyl groups is 1. The monoisotopic (exact) mass is 607 g/mol. The number of phosphoric ester groups is 1. The zero-order valence-electron chi connectivity index (χ0n) is 21.5. The molecule has 0 aromatic heterocycles. The first-order valence-electron chi connectivity index (χ1n) is 11.5. The minimum atomic E-state index is -4.79. The first-order valence-corrected chi connectivity index (χ1v) is 13.5. The molecule has 1 saturated heterocycles. The van der Waals surface area contributed by atoms with Crippen LogP contribution in [0.5, 0.6) is 0 Å². The third-order valence-corrected chi connectivity index (χ3v) is 6.59. The Morgan fingerprint density at radius 1 is 1.18 bits per heavy atom. The van der Waals surface area contributed by atoms with Crippen molar-refractivity contribution in [2.45, 2.75) is 70.2 Å². The number of ether oxygens (including phenoxy) is 5. The SMILES string of the molecule is CC(C)OC(=O)OCOP(=O)(OCOC(=O)OC(C)C)OC[C@@]1(CCl)O[C@@H](N2C=CC(N)NC2=O)[C@H](F)[C@@H]1O. The van der Waals surface area contributed by atoms with Crippen molar-refractivity contribution in [2.24, 2.45) is 5.73 Å². The van der Waals surface area contributed by atoms with Crippen LogP contribution in [0.2, 0.25) is 0 Å². The molecule has 5 atom stereocenters. The van der Waals surface area contributed by atoms with Crippen LogP contribution in [0.1, 0.15) is 27.7 Å². The van der Waals surface area contributed by atoms with Gasteiger partial charge in [-0.2, -0.15) is 0 Å². The van der Waals surface area contributed by atoms with Crippen molar-refractivity contribution >= 4 is 37.8 Å². The van der Waals surface area contributed by atoms with Gasteiger partial charge in [0, 0.05) is 6.20 Å². The van der Waals surface area contributed by atoms with E-state index in [1.807, 2.05) is 0 Å². The van der Waals surface area contributed by atoms with Crippen LogP contribution in [0, 0.1) is 0 Å². The van der Waals surface area contributed by atoms with Crippen molar-refractivity contribution in [3.63, 3.8) is 0 Å². The van der Waals surface area contributed by atoms with Crippen molar-refractivity contribution in [3.05, 3.63) is 12.3 Å². The summed E-state index contributed by atoms with van der Waals surface area (Å²) < 4.78 is 67.6. The largest absolute Gasteiger partial charge is 0.510 e. The second-order valence-corrected chi connectivity index (χ2v) is 10.6. The zero-order valence-corrected chi connectivity index (χ0v) is 23.2. The van der Waals surface area contributed by atoms with E-state index in [1.54, 1.807) is 27.7 Å². The number of halogens is 2. The summed E-state index contributed by atoms with van der Waals surface area (Å²) >= 11 is 5.97. The molecule has 2 rings (SSSR count). The highest BCUT2D eigenvalue weighted by Gasteiger charge is 2.58. The maximum atomic E-state index is 15.1. The summed E-state index contributed by atoms with van der Waals surface area (Å²) in [5, 5.41) is 12.9. The third-order valence-electron chi connectivity index (χ3n) is 4.85. The summed E-state index contributed by atoms with van der Waals surface area (Å²) in [5.41, 5.74) is 3.51. The fourth-order valence-corrected chi connectivity index (χ4v) is 4.31. The van der Waals surface area contributed by atoms with Gasteiger partial charge in [0.25, 0.3) is 0 Å². The van der Waals surface area contributed by atoms with E-state index < -0.39 is 94.7 Å². The van der Waals surface area contributed by atoms with E-state index in [2.05, 4.69) is 14.8 Å². The van der Waals surface area contributed by atoms with E-state index in [0.717, 1.165) is 11.1 Å². The second-order valence-electron chi connectivity index (χ2n) is 8.66. The number of urea groups is 1. The molecule has 2 aliphatic heterocycles. The number of aliphatic hydroxyl groups excluding tert-OH is 1. The molecule has 0 aromatic rings. The van der Waals surface area contributed by atoms with Gasteiger partial charge in [0.15, 0.2) is 12.4 Å². The van der Waals surface area contributed by atoms with Gasteiger partial charge in [-0.25, -0.2) is 32.4 Å². The maximum absolute atomic E-state index is 15.1. The standard InChI is InChI=1S/C20H32ClFN3O13P/c1-11(2)36-18(28)31-9-34-39(30,35-10-32-19(29)37-12(3)4)33-8-20(7-21)15(26)14(22)16(38-20)25-6-5-13(23)24-17(25)27/h5-6,11-16,26H,7-10,23H2,1-4H3,(H,24,27)/t13?,14-,15+,16-,20-/m1/s1. The van der Waals surface area contributed by atoms with Crippen LogP contribution in [0.4, 0.5) is 18.8 Å². The molecule has 39 heavy (non-hydrogen) atoms. The Morgan fingerprint density at radius 3 is 2.18 bits per heavy atom. The highest BCUT2D eigenvalue weighted by atomic mass is 35.5. The lowest BCUT2D eigenvalue weighted by molar-refractivity contribution is -0.122. The highest BCUT2D eigenvalue weighted by Crippen LogP contribution is 2.51. The van der Waals surface area contributed by atoms with E-state index in [1.165, 1.54) is 6.08 Å². The number of rotatable bonds is 13. The number of nitrogens with zero attached hydrogens (tertiary/aromatic N) is 1. The van der Waals surface area contributed by atoms with E-state index in [0.29, 0.717) is 0 Å². The Bertz CT molecular complexity index is 913. The first-order chi connectivity index (χ1) is 18.2. The topological polar surface area (TPSA) is 204 Å². The van der Waals surface area contributed by atoms with Gasteiger partial charge < -0.3 is 39.8 Å². The van der Waals surface area contributed by atoms with Crippen molar-refractivity contribution in [2.75, 3.05) is 26.1 Å². The fourth-order valence-electron chi connectivity index (χ4n) is 3.05. The zero-order chi connectivity index (χ0) is 29.4. The van der Waals surface area contributed by atoms with Gasteiger partial charge in [-0.15, -0.1) is 11.6 Å². The lowest BCUT2D eigenvalue weighted by Crippen LogP contribution is -2.54. The first kappa shape index (κ1) is 33.0. The smallest absolute Gasteiger partial charge is 0.432 e. The average Bonchev–Trinajstić information content (AvgIpc) is 3.07. The number of alkyl halides is 2. The summed E-state index contributed by atoms with van der Waals surface area (Å²) in [7, 11) is -4.79. The molecule has 0 bridgehead atoms. The van der Waals surface area contributed by atoms with Gasteiger partial charge in [0.2, 0.25) is 13.6 Å². The molecule has 224 valence electrons. The fraction of sp³-hybridized carbons (Fsp3) is 0.750. The molecule has 1 fully saturated rings. The molecule has 0 radical (unpaired) electrons. The van der Waals surface area contributed by atoms with E-state index in [4.69, 9.17) is 45.1 Å². The van der Waals surface area contributed by atoms with Crippen molar-refractivity contribution in [1.82, 2.24) is 10.2 Å². The summed E-state index contributed by atoms with van der Waals surface area (Å²) in [6.45, 7) is 3.26. The normalized spacial score (nSPS) is 27.0. The Kier molecular flexibility index (Phi) is 12.2. The molecule has 2 heterocycles. The molecule has 0 aliphatic carbocycles. The summed E-state index contributed by atoms with van der Waals surface area (Å²) in [4.78, 5) is 36.2. The molecule has 0 aromatic carbocycles. The van der Waals surface area contributed by atoms with Gasteiger partial charge in [-0.1, -0.05) is 0 Å². The number of nitrogens with one attached hydrogen (secondary N) is 1. The van der Waals surface area contributed by atoms with Crippen LogP contribution < -0.4 is 11.1 Å². The van der Waals surface area contributed by atoms with Crippen LogP contribution in [0.15, 0.2) is 12.3 Å². The Morgan fingerprint density at radius 2 is 1.72 bits per heavy atom. The van der Waals surface area contributed by atoms with Gasteiger partial charge >= 0.3 is 26.2 Å². The second kappa shape index (κ2) is 14.4. The number of nitrogens with two attached hydrogens (primary N) is 1. The lowest BCUT2D eigenvalue weighted by atomic mass is 9.99. The maximum Gasteiger partial charge on any atom is 0.510 e. The molecule has 16 nitrogen and oxygen atoms in total. The van der Waals surface area contributed by atoms with E-state index in [-0.39, 0.29) is 0 Å². The quantitative estimate of drug-likeness (QED) is 0.119. The number of amides is 2. The summed E-state index contributed by atoms with van der Waals surface area (Å²) in [6.07, 6.45) is -7.57. The molecular formula is C20H32ClFN3O13P. The molecule has 2 aliphatic rings. The predicted octanol–water partition coefficient (Wildman–Crippen LogP) is 2.04. The van der Waals surface area contributed by atoms with Crippen LogP contribution in [-0.2, 0) is 41.8 Å². The van der Waals surface area contributed by atoms with Crippen molar-refractivity contribution in [3.8, 4) is 0 Å². The summed E-state index contributed by atoms with van der Waals surface area (Å²) in [6, 6.07) is -0.815. The van der Waals surface area contributed by atoms with E-state index in [9.17, 15) is 24.1 Å². The van der Waals surface area contributed by atoms with Gasteiger partial charge in [0.1, 0.15) is 11.7 Å². The Hall–Kier alpha value is -2.24. The highest BCUT2D eigenvalue weighted by molar-refractivity contribution is 7.48. The average molecular weight is 608 g/mol. The van der Waals surface area contributed by atoms with Crippen molar-refractivity contribution in [1.29, 1.82) is 0 Å². The predicted molar refractivity (Wildman–Crippen MR) is 128 cm³/mol. The summed E-state index contributed by atoms with van der Waals surface area (Å²) in [5.74, 6) is -0.613. The Labute approximate surface area is 228 Å². The molecule has 4 N–H and O–H groups in total. The number of hydrogen-bond acceptors (Lipinski definition) is 14. The van der Waals surface area contributed by atoms with Gasteiger partial charge in [-0.3, -0.25) is 9.42 Å². The van der Waals surface area contributed by atoms with Crippen molar-refractivity contribution < 1.29 is 65.7 Å². The van der Waals surface area contributed by atoms with Crippen LogP contribution >= 0.6 is 19.4 Å². The number of carbonyl (C=O) groups excluding carboxylic acids is 3. The van der Waals surface area contributed by atoms with Crippen LogP contribution in [0.3, 0.4) is 0 Å². The van der Waals surface area contributed by atoms with E-state index >= 15 is 4.39 Å². The molecule has 0 saturated carbocycles. The molecule has 0 spiro atoms. The number of hydrogen-bond donors (Lipinski definition) is 3. The van der Waals surface area contributed by atoms with Crippen LogP contribution in [-0.4, -0.2) is 96.9 Å². The lowest BCUT2D eigenvalue weighted by Gasteiger charge is -2.33. The molecule has 1 unspecified atom stereocenters. The van der Waals surface area contributed by atoms with Gasteiger partial charge in [-0.05, 0) is 33.8 Å². The third kappa shape index (κ3) is 9.42. The Balaban J connectivity index is 2.12. The number of carbonyl (C=O) groups is 3. The number of phosphoric acid groups is 1. The van der Waals surface area contributed by atoms with Gasteiger partial charge in [0.05, 0.1) is 30.9 Å². The minimum Gasteiger partial charge on any atom is -0.432 e.